The van der Waals surface area contributed by atoms with Crippen molar-refractivity contribution in [1.29, 1.82) is 0 Å². The van der Waals surface area contributed by atoms with Gasteiger partial charge in [0.15, 0.2) is 11.9 Å². The molecule has 0 bridgehead atoms. The Balaban J connectivity index is 1.80. The molecule has 0 aliphatic heterocycles. The van der Waals surface area contributed by atoms with Crippen LogP contribution in [-0.4, -0.2) is 43.3 Å². The second-order valence-corrected chi connectivity index (χ2v) is 6.17. The second kappa shape index (κ2) is 10.0. The van der Waals surface area contributed by atoms with Crippen LogP contribution in [0.4, 0.5) is 5.69 Å². The summed E-state index contributed by atoms with van der Waals surface area (Å²) in [7, 11) is 1.52. The number of hydrogen-bond acceptors (Lipinski definition) is 6. The molecule has 2 aromatic rings. The Morgan fingerprint density at radius 3 is 2.07 bits per heavy atom. The zero-order chi connectivity index (χ0) is 21.4. The summed E-state index contributed by atoms with van der Waals surface area (Å²) in [5.41, 5.74) is 1.35. The SMILES string of the molecule is COc1ccc(C(=O)NCC(=O)O[C@@H](C)C(=O)Nc2ccc(C(C)=O)cc2)cc1. The molecule has 0 saturated carbocycles. The Kier molecular flexibility index (Phi) is 7.47. The summed E-state index contributed by atoms with van der Waals surface area (Å²) >= 11 is 0. The fourth-order valence-corrected chi connectivity index (χ4v) is 2.32. The van der Waals surface area contributed by atoms with E-state index in [1.54, 1.807) is 48.5 Å². The van der Waals surface area contributed by atoms with Crippen LogP contribution in [0, 0.1) is 0 Å². The lowest BCUT2D eigenvalue weighted by Crippen LogP contribution is -2.35. The number of ether oxygens (including phenoxy) is 2. The fraction of sp³-hybridized carbons (Fsp3) is 0.238. The molecule has 8 heteroatoms. The highest BCUT2D eigenvalue weighted by Crippen LogP contribution is 2.12. The molecule has 29 heavy (non-hydrogen) atoms. The van der Waals surface area contributed by atoms with Gasteiger partial charge in [-0.15, -0.1) is 0 Å². The van der Waals surface area contributed by atoms with Crippen LogP contribution in [0.25, 0.3) is 0 Å². The van der Waals surface area contributed by atoms with Crippen molar-refractivity contribution >= 4 is 29.3 Å². The number of benzene rings is 2. The number of nitrogens with one attached hydrogen (secondary N) is 2. The lowest BCUT2D eigenvalue weighted by molar-refractivity contribution is -0.152. The molecule has 2 aromatic carbocycles. The van der Waals surface area contributed by atoms with Crippen molar-refractivity contribution in [3.8, 4) is 5.75 Å². The number of carbonyl (C=O) groups excluding carboxylic acids is 4. The van der Waals surface area contributed by atoms with E-state index in [0.29, 0.717) is 22.6 Å². The van der Waals surface area contributed by atoms with Crippen molar-refractivity contribution in [3.63, 3.8) is 0 Å². The third-order valence-corrected chi connectivity index (χ3v) is 3.98. The molecule has 8 nitrogen and oxygen atoms in total. The lowest BCUT2D eigenvalue weighted by atomic mass is 10.1. The molecular weight excluding hydrogens is 376 g/mol. The average Bonchev–Trinajstić information content (AvgIpc) is 2.72. The first-order chi connectivity index (χ1) is 13.8. The summed E-state index contributed by atoms with van der Waals surface area (Å²) in [4.78, 5) is 47.3. The van der Waals surface area contributed by atoms with E-state index in [1.165, 1.54) is 21.0 Å². The van der Waals surface area contributed by atoms with Gasteiger partial charge >= 0.3 is 5.97 Å². The minimum Gasteiger partial charge on any atom is -0.497 e. The molecule has 0 aliphatic rings. The van der Waals surface area contributed by atoms with E-state index in [4.69, 9.17) is 9.47 Å². The van der Waals surface area contributed by atoms with E-state index in [0.717, 1.165) is 0 Å². The van der Waals surface area contributed by atoms with Crippen LogP contribution in [0.2, 0.25) is 0 Å². The molecule has 0 aromatic heterocycles. The van der Waals surface area contributed by atoms with Crippen molar-refractivity contribution in [2.24, 2.45) is 0 Å². The molecule has 152 valence electrons. The van der Waals surface area contributed by atoms with Crippen LogP contribution in [0.1, 0.15) is 34.6 Å². The largest absolute Gasteiger partial charge is 0.497 e. The quantitative estimate of drug-likeness (QED) is 0.521. The normalized spacial score (nSPS) is 11.1. The van der Waals surface area contributed by atoms with Gasteiger partial charge in [-0.3, -0.25) is 19.2 Å². The first-order valence-electron chi connectivity index (χ1n) is 8.83. The Morgan fingerprint density at radius 1 is 0.931 bits per heavy atom. The van der Waals surface area contributed by atoms with E-state index < -0.39 is 23.9 Å². The number of methoxy groups -OCH3 is 1. The van der Waals surface area contributed by atoms with Gasteiger partial charge in [0.25, 0.3) is 11.8 Å². The molecule has 2 N–H and O–H groups in total. The summed E-state index contributed by atoms with van der Waals surface area (Å²) in [5, 5.41) is 5.02. The number of rotatable bonds is 8. The van der Waals surface area contributed by atoms with Gasteiger partial charge in [-0.2, -0.15) is 0 Å². The van der Waals surface area contributed by atoms with Gasteiger partial charge in [-0.1, -0.05) is 0 Å². The monoisotopic (exact) mass is 398 g/mol. The van der Waals surface area contributed by atoms with Gasteiger partial charge in [0.1, 0.15) is 12.3 Å². The zero-order valence-corrected chi connectivity index (χ0v) is 16.4. The Bertz CT molecular complexity index is 890. The molecule has 0 unspecified atom stereocenters. The topological polar surface area (TPSA) is 111 Å². The van der Waals surface area contributed by atoms with Crippen LogP contribution >= 0.6 is 0 Å². The van der Waals surface area contributed by atoms with Crippen LogP contribution in [0.3, 0.4) is 0 Å². The molecule has 0 spiro atoms. The number of esters is 1. The van der Waals surface area contributed by atoms with Crippen molar-refractivity contribution < 1.29 is 28.7 Å². The molecule has 0 saturated heterocycles. The summed E-state index contributed by atoms with van der Waals surface area (Å²) in [6.45, 7) is 2.49. The number of amides is 2. The first-order valence-corrected chi connectivity index (χ1v) is 8.83. The van der Waals surface area contributed by atoms with E-state index in [9.17, 15) is 19.2 Å². The van der Waals surface area contributed by atoms with Gasteiger partial charge in [0, 0.05) is 16.8 Å². The van der Waals surface area contributed by atoms with Gasteiger partial charge in [-0.05, 0) is 62.4 Å². The van der Waals surface area contributed by atoms with E-state index >= 15 is 0 Å². The maximum atomic E-state index is 12.1. The van der Waals surface area contributed by atoms with Gasteiger partial charge in [0.05, 0.1) is 7.11 Å². The predicted molar refractivity (Wildman–Crippen MR) is 106 cm³/mol. The molecule has 1 atom stereocenters. The Labute approximate surface area is 168 Å². The molecule has 0 aliphatic carbocycles. The van der Waals surface area contributed by atoms with Crippen molar-refractivity contribution in [1.82, 2.24) is 5.32 Å². The Hall–Kier alpha value is -3.68. The molecule has 0 heterocycles. The maximum absolute atomic E-state index is 12.1. The van der Waals surface area contributed by atoms with Gasteiger partial charge < -0.3 is 20.1 Å². The first kappa shape index (κ1) is 21.6. The third-order valence-electron chi connectivity index (χ3n) is 3.98. The van der Waals surface area contributed by atoms with Crippen molar-refractivity contribution in [3.05, 3.63) is 59.7 Å². The summed E-state index contributed by atoms with van der Waals surface area (Å²) < 4.78 is 10.0. The number of carbonyl (C=O) groups is 4. The standard InChI is InChI=1S/C21H22N2O6/c1-13(24)15-4-8-17(9-5-15)23-20(26)14(2)29-19(25)12-22-21(27)16-6-10-18(28-3)11-7-16/h4-11,14H,12H2,1-3H3,(H,22,27)(H,23,26)/t14-/m0/s1. The third kappa shape index (κ3) is 6.46. The van der Waals surface area contributed by atoms with Gasteiger partial charge in [-0.25, -0.2) is 0 Å². The molecule has 2 amide bonds. The second-order valence-electron chi connectivity index (χ2n) is 6.17. The van der Waals surface area contributed by atoms with E-state index in [-0.39, 0.29) is 12.3 Å². The molecule has 0 fully saturated rings. The lowest BCUT2D eigenvalue weighted by Gasteiger charge is -2.14. The van der Waals surface area contributed by atoms with Gasteiger partial charge in [0.2, 0.25) is 0 Å². The highest BCUT2D eigenvalue weighted by molar-refractivity contribution is 5.98. The molecular formula is C21H22N2O6. The minimum atomic E-state index is -1.06. The number of ketones is 1. The minimum absolute atomic E-state index is 0.0816. The zero-order valence-electron chi connectivity index (χ0n) is 16.4. The van der Waals surface area contributed by atoms with Crippen molar-refractivity contribution in [2.75, 3.05) is 19.0 Å². The number of hydrogen-bond donors (Lipinski definition) is 2. The summed E-state index contributed by atoms with van der Waals surface area (Å²) in [5.74, 6) is -1.21. The fourth-order valence-electron chi connectivity index (χ4n) is 2.32. The highest BCUT2D eigenvalue weighted by atomic mass is 16.5. The average molecular weight is 398 g/mol. The van der Waals surface area contributed by atoms with E-state index in [1.807, 2.05) is 0 Å². The Morgan fingerprint density at radius 2 is 1.52 bits per heavy atom. The molecule has 2 rings (SSSR count). The van der Waals surface area contributed by atoms with E-state index in [2.05, 4.69) is 10.6 Å². The number of anilines is 1. The number of Topliss-reactive ketones (excluding diaryl/α,β-unsaturated/α-hetero) is 1. The summed E-state index contributed by atoms with van der Waals surface area (Å²) in [6.07, 6.45) is -1.06. The summed E-state index contributed by atoms with van der Waals surface area (Å²) in [6, 6.07) is 12.7. The van der Waals surface area contributed by atoms with Crippen LogP contribution in [0.15, 0.2) is 48.5 Å². The van der Waals surface area contributed by atoms with Crippen molar-refractivity contribution in [2.45, 2.75) is 20.0 Å². The predicted octanol–water partition coefficient (Wildman–Crippen LogP) is 2.20. The van der Waals surface area contributed by atoms with Crippen LogP contribution in [0.5, 0.6) is 5.75 Å². The van der Waals surface area contributed by atoms with Crippen LogP contribution < -0.4 is 15.4 Å². The van der Waals surface area contributed by atoms with Crippen LogP contribution in [-0.2, 0) is 14.3 Å². The highest BCUT2D eigenvalue weighted by Gasteiger charge is 2.18. The molecule has 0 radical (unpaired) electrons. The maximum Gasteiger partial charge on any atom is 0.326 e. The smallest absolute Gasteiger partial charge is 0.326 e.